The lowest BCUT2D eigenvalue weighted by atomic mass is 9.95. The van der Waals surface area contributed by atoms with Crippen molar-refractivity contribution in [3.05, 3.63) is 110 Å². The number of carbonyl (C=O) groups is 1. The van der Waals surface area contributed by atoms with Crippen LogP contribution in [0.15, 0.2) is 80.4 Å². The summed E-state index contributed by atoms with van der Waals surface area (Å²) in [6.07, 6.45) is 0. The first-order chi connectivity index (χ1) is 15.3. The van der Waals surface area contributed by atoms with Crippen LogP contribution in [0.4, 0.5) is 10.1 Å². The second-order valence-corrected chi connectivity index (χ2v) is 9.11. The van der Waals surface area contributed by atoms with Gasteiger partial charge in [-0.2, -0.15) is 0 Å². The fourth-order valence-corrected chi connectivity index (χ4v) is 4.60. The van der Waals surface area contributed by atoms with Gasteiger partial charge in [0.15, 0.2) is 5.43 Å². The molecular weight excluding hydrogens is 473 g/mol. The van der Waals surface area contributed by atoms with E-state index in [-0.39, 0.29) is 22.3 Å². The maximum absolute atomic E-state index is 13.9. The van der Waals surface area contributed by atoms with Crippen LogP contribution in [0, 0.1) is 5.82 Å². The standard InChI is InChI=1S/C26H19BrFNO3/c1-14(2)15-6-8-16(9-7-15)23-22-24(30)20-13-18(28)10-11-21(20)32-25(22)26(31)29(23)19-5-3-4-17(27)12-19/h3-14,23H,1-2H3. The normalized spacial score (nSPS) is 15.6. The van der Waals surface area contributed by atoms with Gasteiger partial charge in [0.05, 0.1) is 17.0 Å². The summed E-state index contributed by atoms with van der Waals surface area (Å²) >= 11 is 3.46. The Morgan fingerprint density at radius 2 is 1.75 bits per heavy atom. The predicted molar refractivity (Wildman–Crippen MR) is 126 cm³/mol. The highest BCUT2D eigenvalue weighted by atomic mass is 79.9. The molecule has 1 aliphatic rings. The zero-order valence-electron chi connectivity index (χ0n) is 17.4. The Morgan fingerprint density at radius 1 is 1.00 bits per heavy atom. The molecule has 1 aliphatic heterocycles. The molecule has 5 rings (SSSR count). The smallest absolute Gasteiger partial charge is 0.295 e. The highest BCUT2D eigenvalue weighted by Crippen LogP contribution is 2.42. The van der Waals surface area contributed by atoms with Crippen molar-refractivity contribution in [1.82, 2.24) is 0 Å². The Balaban J connectivity index is 1.79. The van der Waals surface area contributed by atoms with E-state index >= 15 is 0 Å². The minimum Gasteiger partial charge on any atom is -0.450 e. The number of halogens is 2. The molecule has 1 atom stereocenters. The molecule has 0 aliphatic carbocycles. The van der Waals surface area contributed by atoms with E-state index in [4.69, 9.17) is 4.42 Å². The van der Waals surface area contributed by atoms with E-state index in [2.05, 4.69) is 29.8 Å². The Kier molecular flexibility index (Phi) is 4.97. The molecule has 0 spiro atoms. The molecule has 1 unspecified atom stereocenters. The lowest BCUT2D eigenvalue weighted by Crippen LogP contribution is -2.29. The molecule has 160 valence electrons. The Morgan fingerprint density at radius 3 is 2.44 bits per heavy atom. The average molecular weight is 492 g/mol. The second-order valence-electron chi connectivity index (χ2n) is 8.19. The summed E-state index contributed by atoms with van der Waals surface area (Å²) in [5, 5.41) is 0.122. The van der Waals surface area contributed by atoms with Crippen molar-refractivity contribution in [2.24, 2.45) is 0 Å². The van der Waals surface area contributed by atoms with Crippen molar-refractivity contribution >= 4 is 38.5 Å². The summed E-state index contributed by atoms with van der Waals surface area (Å²) in [5.74, 6) is -0.596. The maximum atomic E-state index is 13.9. The first-order valence-electron chi connectivity index (χ1n) is 10.3. The molecule has 0 radical (unpaired) electrons. The van der Waals surface area contributed by atoms with Crippen LogP contribution in [-0.2, 0) is 0 Å². The van der Waals surface area contributed by atoms with Crippen LogP contribution in [0.1, 0.15) is 53.1 Å². The van der Waals surface area contributed by atoms with Gasteiger partial charge in [-0.15, -0.1) is 0 Å². The molecule has 0 N–H and O–H groups in total. The van der Waals surface area contributed by atoms with E-state index in [9.17, 15) is 14.0 Å². The van der Waals surface area contributed by atoms with Crippen LogP contribution < -0.4 is 10.3 Å². The van der Waals surface area contributed by atoms with Crippen molar-refractivity contribution < 1.29 is 13.6 Å². The zero-order valence-corrected chi connectivity index (χ0v) is 19.0. The highest BCUT2D eigenvalue weighted by Gasteiger charge is 2.43. The second kappa shape index (κ2) is 7.71. The van der Waals surface area contributed by atoms with E-state index in [1.807, 2.05) is 48.5 Å². The van der Waals surface area contributed by atoms with Gasteiger partial charge >= 0.3 is 0 Å². The number of hydrogen-bond donors (Lipinski definition) is 0. The molecule has 0 saturated heterocycles. The maximum Gasteiger partial charge on any atom is 0.295 e. The van der Waals surface area contributed by atoms with Gasteiger partial charge in [-0.05, 0) is 53.4 Å². The fourth-order valence-electron chi connectivity index (χ4n) is 4.22. The first kappa shape index (κ1) is 20.6. The van der Waals surface area contributed by atoms with E-state index in [1.165, 1.54) is 12.1 Å². The molecule has 4 aromatic rings. The third-order valence-corrected chi connectivity index (χ3v) is 6.33. The summed E-state index contributed by atoms with van der Waals surface area (Å²) < 4.78 is 20.6. The SMILES string of the molecule is CC(C)c1ccc(C2c3c(oc4ccc(F)cc4c3=O)C(=O)N2c2cccc(Br)c2)cc1. The molecule has 4 nitrogen and oxygen atoms in total. The molecule has 1 aromatic heterocycles. The number of nitrogens with zero attached hydrogens (tertiary/aromatic N) is 1. The average Bonchev–Trinajstić information content (AvgIpc) is 3.07. The van der Waals surface area contributed by atoms with Gasteiger partial charge in [-0.1, -0.05) is 60.1 Å². The number of anilines is 1. The molecule has 0 bridgehead atoms. The molecule has 6 heteroatoms. The fraction of sp³-hybridized carbons (Fsp3) is 0.154. The molecule has 1 amide bonds. The topological polar surface area (TPSA) is 50.5 Å². The summed E-state index contributed by atoms with van der Waals surface area (Å²) in [7, 11) is 0. The Hall–Kier alpha value is -3.25. The Labute approximate surface area is 192 Å². The number of hydrogen-bond acceptors (Lipinski definition) is 3. The van der Waals surface area contributed by atoms with Crippen molar-refractivity contribution in [3.63, 3.8) is 0 Å². The summed E-state index contributed by atoms with van der Waals surface area (Å²) in [5.41, 5.74) is 2.58. The van der Waals surface area contributed by atoms with Gasteiger partial charge in [0.2, 0.25) is 5.76 Å². The third-order valence-electron chi connectivity index (χ3n) is 5.84. The number of rotatable bonds is 3. The monoisotopic (exact) mass is 491 g/mol. The quantitative estimate of drug-likeness (QED) is 0.325. The summed E-state index contributed by atoms with van der Waals surface area (Å²) in [4.78, 5) is 28.6. The minimum atomic E-state index is -0.683. The van der Waals surface area contributed by atoms with E-state index in [1.54, 1.807) is 4.90 Å². The van der Waals surface area contributed by atoms with Crippen LogP contribution in [0.2, 0.25) is 0 Å². The number of benzene rings is 3. The van der Waals surface area contributed by atoms with Gasteiger partial charge in [0.25, 0.3) is 5.91 Å². The minimum absolute atomic E-state index is 0.00739. The van der Waals surface area contributed by atoms with Crippen LogP contribution in [0.3, 0.4) is 0 Å². The van der Waals surface area contributed by atoms with E-state index in [0.717, 1.165) is 21.7 Å². The molecule has 2 heterocycles. The van der Waals surface area contributed by atoms with E-state index in [0.29, 0.717) is 11.6 Å². The zero-order chi connectivity index (χ0) is 22.6. The molecule has 0 fully saturated rings. The molecule has 3 aromatic carbocycles. The Bertz CT molecular complexity index is 1430. The van der Waals surface area contributed by atoms with Crippen molar-refractivity contribution in [2.75, 3.05) is 4.90 Å². The van der Waals surface area contributed by atoms with Crippen molar-refractivity contribution in [3.8, 4) is 0 Å². The van der Waals surface area contributed by atoms with Crippen LogP contribution in [-0.4, -0.2) is 5.91 Å². The molecular formula is C26H19BrFNO3. The molecule has 32 heavy (non-hydrogen) atoms. The van der Waals surface area contributed by atoms with Gasteiger partial charge in [0.1, 0.15) is 11.4 Å². The van der Waals surface area contributed by atoms with Crippen molar-refractivity contribution in [1.29, 1.82) is 0 Å². The molecule has 0 saturated carbocycles. The van der Waals surface area contributed by atoms with Crippen LogP contribution in [0.25, 0.3) is 11.0 Å². The third kappa shape index (κ3) is 3.26. The highest BCUT2D eigenvalue weighted by molar-refractivity contribution is 9.10. The first-order valence-corrected chi connectivity index (χ1v) is 11.1. The van der Waals surface area contributed by atoms with Crippen LogP contribution in [0.5, 0.6) is 0 Å². The van der Waals surface area contributed by atoms with Gasteiger partial charge < -0.3 is 4.42 Å². The van der Waals surface area contributed by atoms with E-state index < -0.39 is 23.2 Å². The number of fused-ring (bicyclic) bond motifs is 2. The predicted octanol–water partition coefficient (Wildman–Crippen LogP) is 6.57. The summed E-state index contributed by atoms with van der Waals surface area (Å²) in [6.45, 7) is 4.21. The van der Waals surface area contributed by atoms with Crippen molar-refractivity contribution in [2.45, 2.75) is 25.8 Å². The number of amides is 1. The van der Waals surface area contributed by atoms with Gasteiger partial charge in [-0.3, -0.25) is 14.5 Å². The number of carbonyl (C=O) groups excluding carboxylic acids is 1. The van der Waals surface area contributed by atoms with Gasteiger partial charge in [0, 0.05) is 10.2 Å². The van der Waals surface area contributed by atoms with Gasteiger partial charge in [-0.25, -0.2) is 4.39 Å². The summed E-state index contributed by atoms with van der Waals surface area (Å²) in [6, 6.07) is 18.3. The lowest BCUT2D eigenvalue weighted by Gasteiger charge is -2.25. The van der Waals surface area contributed by atoms with Crippen LogP contribution >= 0.6 is 15.9 Å². The lowest BCUT2D eigenvalue weighted by molar-refractivity contribution is 0.0971. The largest absolute Gasteiger partial charge is 0.450 e.